The number of hydrogen-bond acceptors (Lipinski definition) is 5. The Hall–Kier alpha value is -3.49. The van der Waals surface area contributed by atoms with Crippen molar-refractivity contribution in [2.24, 2.45) is 0 Å². The van der Waals surface area contributed by atoms with E-state index in [1.807, 2.05) is 24.3 Å². The number of benzene rings is 2. The van der Waals surface area contributed by atoms with Crippen molar-refractivity contribution in [3.05, 3.63) is 77.8 Å². The van der Waals surface area contributed by atoms with Crippen molar-refractivity contribution in [1.82, 2.24) is 10.2 Å². The van der Waals surface area contributed by atoms with Crippen molar-refractivity contribution in [2.75, 3.05) is 38.2 Å². The molecule has 2 aromatic carbocycles. The molecule has 1 aliphatic heterocycles. The number of nitrogens with zero attached hydrogens (tertiary/aromatic N) is 1. The lowest BCUT2D eigenvalue weighted by atomic mass is 10.1. The van der Waals surface area contributed by atoms with E-state index in [2.05, 4.69) is 15.5 Å². The zero-order valence-electron chi connectivity index (χ0n) is 19.6. The van der Waals surface area contributed by atoms with Crippen molar-refractivity contribution in [1.29, 1.82) is 0 Å². The van der Waals surface area contributed by atoms with Gasteiger partial charge in [0.15, 0.2) is 0 Å². The van der Waals surface area contributed by atoms with Gasteiger partial charge in [-0.15, -0.1) is 0 Å². The average molecular weight is 480 g/mol. The Bertz CT molecular complexity index is 1140. The highest BCUT2D eigenvalue weighted by atomic mass is 19.1. The van der Waals surface area contributed by atoms with Crippen molar-refractivity contribution >= 4 is 17.5 Å². The van der Waals surface area contributed by atoms with Crippen LogP contribution in [-0.4, -0.2) is 49.6 Å². The Kier molecular flexibility index (Phi) is 8.64. The molecule has 2 amide bonds. The van der Waals surface area contributed by atoms with Gasteiger partial charge in [0.1, 0.15) is 17.3 Å². The molecule has 8 heteroatoms. The number of hydrogen-bond donors (Lipinski definition) is 2. The second-order valence-electron chi connectivity index (χ2n) is 8.48. The molecule has 1 saturated heterocycles. The molecule has 3 aromatic rings. The lowest BCUT2D eigenvalue weighted by molar-refractivity contribution is -0.121. The largest absolute Gasteiger partial charge is 0.461 e. The number of carbonyl (C=O) groups is 2. The van der Waals surface area contributed by atoms with Gasteiger partial charge in [0.2, 0.25) is 11.8 Å². The topological polar surface area (TPSA) is 83.8 Å². The van der Waals surface area contributed by atoms with Crippen LogP contribution in [0.2, 0.25) is 0 Å². The molecule has 1 fully saturated rings. The molecule has 0 atom stereocenters. The van der Waals surface area contributed by atoms with Crippen molar-refractivity contribution in [3.63, 3.8) is 0 Å². The number of nitrogens with one attached hydrogen (secondary N) is 2. The van der Waals surface area contributed by atoms with Crippen LogP contribution in [0.5, 0.6) is 0 Å². The van der Waals surface area contributed by atoms with Crippen molar-refractivity contribution < 1.29 is 23.1 Å². The van der Waals surface area contributed by atoms with Gasteiger partial charge in [-0.3, -0.25) is 14.5 Å². The first-order valence-electron chi connectivity index (χ1n) is 11.9. The van der Waals surface area contributed by atoms with Crippen LogP contribution in [0.3, 0.4) is 0 Å². The molecule has 0 saturated carbocycles. The number of anilines is 1. The Morgan fingerprint density at radius 1 is 0.943 bits per heavy atom. The number of ether oxygens (including phenoxy) is 1. The van der Waals surface area contributed by atoms with Crippen LogP contribution < -0.4 is 10.6 Å². The average Bonchev–Trinajstić information content (AvgIpc) is 3.35. The second kappa shape index (κ2) is 12.3. The van der Waals surface area contributed by atoms with Crippen LogP contribution in [-0.2, 0) is 27.3 Å². The van der Waals surface area contributed by atoms with Crippen LogP contribution >= 0.6 is 0 Å². The summed E-state index contributed by atoms with van der Waals surface area (Å²) in [5.41, 5.74) is 2.00. The Labute approximate surface area is 204 Å². The molecule has 4 rings (SSSR count). The molecule has 0 aliphatic carbocycles. The Balaban J connectivity index is 1.19. The third-order valence-corrected chi connectivity index (χ3v) is 5.86. The minimum absolute atomic E-state index is 0.0362. The highest BCUT2D eigenvalue weighted by Crippen LogP contribution is 2.25. The summed E-state index contributed by atoms with van der Waals surface area (Å²) in [5.74, 6) is 0.573. The van der Waals surface area contributed by atoms with Crippen molar-refractivity contribution in [3.8, 4) is 11.3 Å². The van der Waals surface area contributed by atoms with Gasteiger partial charge in [-0.1, -0.05) is 24.3 Å². The summed E-state index contributed by atoms with van der Waals surface area (Å²) in [7, 11) is 0. The predicted octanol–water partition coefficient (Wildman–Crippen LogP) is 4.00. The van der Waals surface area contributed by atoms with E-state index in [0.29, 0.717) is 61.9 Å². The maximum Gasteiger partial charge on any atom is 0.225 e. The van der Waals surface area contributed by atoms with Crippen LogP contribution in [0.1, 0.15) is 24.2 Å². The quantitative estimate of drug-likeness (QED) is 0.459. The highest BCUT2D eigenvalue weighted by Gasteiger charge is 2.13. The molecule has 7 nitrogen and oxygen atoms in total. The third-order valence-electron chi connectivity index (χ3n) is 5.86. The number of halogens is 1. The van der Waals surface area contributed by atoms with Gasteiger partial charge < -0.3 is 19.8 Å². The molecule has 0 unspecified atom stereocenters. The van der Waals surface area contributed by atoms with Crippen LogP contribution in [0.4, 0.5) is 10.1 Å². The van der Waals surface area contributed by atoms with E-state index in [9.17, 15) is 14.0 Å². The Morgan fingerprint density at radius 2 is 1.77 bits per heavy atom. The smallest absolute Gasteiger partial charge is 0.225 e. The summed E-state index contributed by atoms with van der Waals surface area (Å²) in [4.78, 5) is 26.8. The Morgan fingerprint density at radius 3 is 2.60 bits per heavy atom. The summed E-state index contributed by atoms with van der Waals surface area (Å²) < 4.78 is 25.0. The fourth-order valence-electron chi connectivity index (χ4n) is 3.91. The molecular formula is C27H30FN3O4. The molecule has 2 heterocycles. The predicted molar refractivity (Wildman–Crippen MR) is 131 cm³/mol. The van der Waals surface area contributed by atoms with Gasteiger partial charge in [0.05, 0.1) is 18.8 Å². The fraction of sp³-hybridized carbons (Fsp3) is 0.333. The van der Waals surface area contributed by atoms with E-state index in [1.54, 1.807) is 30.3 Å². The van der Waals surface area contributed by atoms with E-state index in [-0.39, 0.29) is 24.1 Å². The number of furan rings is 1. The standard InChI is InChI=1S/C27H30FN3O4/c28-24-7-2-1-6-23(24)25-10-8-22(35-25)9-11-26(32)29-19-20-4-3-5-21(18-20)30-27(33)12-13-31-14-16-34-17-15-31/h1-8,10,18H,9,11-17,19H2,(H,29,32)(H,30,33). The number of rotatable bonds is 10. The third kappa shape index (κ3) is 7.50. The monoisotopic (exact) mass is 479 g/mol. The SMILES string of the molecule is O=C(CCc1ccc(-c2ccccc2F)o1)NCc1cccc(NC(=O)CCN2CCOCC2)c1. The summed E-state index contributed by atoms with van der Waals surface area (Å²) in [6.07, 6.45) is 1.09. The fourth-order valence-corrected chi connectivity index (χ4v) is 3.91. The van der Waals surface area contributed by atoms with E-state index in [1.165, 1.54) is 6.07 Å². The van der Waals surface area contributed by atoms with E-state index in [0.717, 1.165) is 18.7 Å². The van der Waals surface area contributed by atoms with Crippen molar-refractivity contribution in [2.45, 2.75) is 25.8 Å². The van der Waals surface area contributed by atoms with Gasteiger partial charge in [0, 0.05) is 51.1 Å². The number of morpholine rings is 1. The molecule has 0 radical (unpaired) electrons. The molecule has 1 aromatic heterocycles. The molecule has 1 aliphatic rings. The summed E-state index contributed by atoms with van der Waals surface area (Å²) >= 11 is 0. The maximum absolute atomic E-state index is 13.9. The van der Waals surface area contributed by atoms with E-state index in [4.69, 9.17) is 9.15 Å². The van der Waals surface area contributed by atoms with Gasteiger partial charge in [0.25, 0.3) is 0 Å². The molecule has 184 valence electrons. The highest BCUT2D eigenvalue weighted by molar-refractivity contribution is 5.90. The maximum atomic E-state index is 13.9. The number of aryl methyl sites for hydroxylation is 1. The molecule has 35 heavy (non-hydrogen) atoms. The zero-order valence-corrected chi connectivity index (χ0v) is 19.6. The number of carbonyl (C=O) groups excluding carboxylic acids is 2. The minimum Gasteiger partial charge on any atom is -0.461 e. The summed E-state index contributed by atoms with van der Waals surface area (Å²) in [5, 5.41) is 5.82. The lowest BCUT2D eigenvalue weighted by Gasteiger charge is -2.26. The first kappa shape index (κ1) is 24.6. The van der Waals surface area contributed by atoms with E-state index < -0.39 is 0 Å². The summed E-state index contributed by atoms with van der Waals surface area (Å²) in [6.45, 7) is 4.21. The zero-order chi connectivity index (χ0) is 24.5. The number of amides is 2. The van der Waals surface area contributed by atoms with Gasteiger partial charge in [-0.2, -0.15) is 0 Å². The first-order valence-corrected chi connectivity index (χ1v) is 11.9. The van der Waals surface area contributed by atoms with E-state index >= 15 is 0 Å². The van der Waals surface area contributed by atoms with Crippen LogP contribution in [0, 0.1) is 5.82 Å². The van der Waals surface area contributed by atoms with Crippen LogP contribution in [0.15, 0.2) is 65.1 Å². The van der Waals surface area contributed by atoms with Gasteiger partial charge >= 0.3 is 0 Å². The van der Waals surface area contributed by atoms with Gasteiger partial charge in [-0.05, 0) is 42.0 Å². The molecule has 2 N–H and O–H groups in total. The molecular weight excluding hydrogens is 449 g/mol. The minimum atomic E-state index is -0.346. The first-order chi connectivity index (χ1) is 17.1. The molecule has 0 bridgehead atoms. The lowest BCUT2D eigenvalue weighted by Crippen LogP contribution is -2.38. The molecule has 0 spiro atoms. The second-order valence-corrected chi connectivity index (χ2v) is 8.48. The van der Waals surface area contributed by atoms with Crippen LogP contribution in [0.25, 0.3) is 11.3 Å². The van der Waals surface area contributed by atoms with Gasteiger partial charge in [-0.25, -0.2) is 4.39 Å². The normalized spacial score (nSPS) is 14.0. The summed E-state index contributed by atoms with van der Waals surface area (Å²) in [6, 6.07) is 17.4.